The highest BCUT2D eigenvalue weighted by Crippen LogP contribution is 2.25. The summed E-state index contributed by atoms with van der Waals surface area (Å²) in [6, 6.07) is 20.5. The minimum atomic E-state index is -0.188. The Labute approximate surface area is 319 Å². The Morgan fingerprint density at radius 2 is 1.35 bits per heavy atom. The van der Waals surface area contributed by atoms with E-state index in [4.69, 9.17) is 94.2 Å². The van der Waals surface area contributed by atoms with Crippen molar-refractivity contribution in [3.05, 3.63) is 109 Å². The fraction of sp³-hybridized carbons (Fsp3) is 0.108. The maximum absolute atomic E-state index is 12.6. The number of halogens is 5. The van der Waals surface area contributed by atoms with Crippen LogP contribution in [0.1, 0.15) is 10.4 Å². The lowest BCUT2D eigenvalue weighted by Crippen LogP contribution is -2.27. The lowest BCUT2D eigenvalue weighted by atomic mass is 10.1. The third-order valence-corrected chi connectivity index (χ3v) is 8.65. The number of nitrogen functional groups attached to an aromatic ring is 2. The number of hydrogen-bond acceptors (Lipinski definition) is 6. The maximum Gasteiger partial charge on any atom is 0.204 e. The smallest absolute Gasteiger partial charge is 0.204 e. The van der Waals surface area contributed by atoms with Crippen molar-refractivity contribution in [1.29, 1.82) is 5.41 Å². The molecule has 0 aliphatic rings. The van der Waals surface area contributed by atoms with Crippen molar-refractivity contribution in [1.82, 2.24) is 18.7 Å². The van der Waals surface area contributed by atoms with Gasteiger partial charge in [0.2, 0.25) is 11.6 Å². The molecule has 0 fully saturated rings. The second-order valence-electron chi connectivity index (χ2n) is 10.6. The van der Waals surface area contributed by atoms with Gasteiger partial charge in [0.1, 0.15) is 0 Å². The van der Waals surface area contributed by atoms with Crippen molar-refractivity contribution < 1.29 is 4.79 Å². The second-order valence-corrected chi connectivity index (χ2v) is 12.7. The number of carbonyl (C=O) groups is 1. The van der Waals surface area contributed by atoms with Gasteiger partial charge in [-0.3, -0.25) is 19.3 Å². The van der Waals surface area contributed by atoms with Crippen molar-refractivity contribution in [3.63, 3.8) is 0 Å². The molecule has 0 saturated heterocycles. The first-order valence-corrected chi connectivity index (χ1v) is 16.7. The molecule has 0 bridgehead atoms. The van der Waals surface area contributed by atoms with Crippen molar-refractivity contribution in [2.75, 3.05) is 23.3 Å². The van der Waals surface area contributed by atoms with Gasteiger partial charge < -0.3 is 21.4 Å². The topological polar surface area (TPSA) is 133 Å². The molecule has 0 spiro atoms. The average Bonchev–Trinajstić information content (AvgIpc) is 3.54. The summed E-state index contributed by atoms with van der Waals surface area (Å²) in [5.74, 6) is 7.72. The summed E-state index contributed by atoms with van der Waals surface area (Å²) >= 11 is 29.5. The number of nitrogens with two attached hydrogens (primary N) is 2. The van der Waals surface area contributed by atoms with Gasteiger partial charge in [0.15, 0.2) is 5.78 Å². The number of benzene rings is 4. The molecule has 4 aromatic carbocycles. The molecule has 6 rings (SSSR count). The summed E-state index contributed by atoms with van der Waals surface area (Å²) < 4.78 is 4.97. The zero-order chi connectivity index (χ0) is 37.2. The number of nitrogens with one attached hydrogen (secondary N) is 2. The Bertz CT molecular complexity index is 2430. The third-order valence-electron chi connectivity index (χ3n) is 7.21. The molecule has 9 nitrogen and oxygen atoms in total. The van der Waals surface area contributed by atoms with E-state index < -0.39 is 0 Å². The van der Waals surface area contributed by atoms with Gasteiger partial charge in [0.25, 0.3) is 0 Å². The van der Waals surface area contributed by atoms with Crippen LogP contribution in [-0.2, 0) is 19.6 Å². The van der Waals surface area contributed by atoms with Crippen molar-refractivity contribution >= 4 is 103 Å². The molecular formula is C37H29Cl5N8O. The van der Waals surface area contributed by atoms with Crippen LogP contribution < -0.4 is 22.4 Å². The predicted octanol–water partition coefficient (Wildman–Crippen LogP) is 8.27. The van der Waals surface area contributed by atoms with Crippen LogP contribution in [-0.4, -0.2) is 31.0 Å². The molecule has 14 heteroatoms. The fourth-order valence-electron chi connectivity index (χ4n) is 4.83. The van der Waals surface area contributed by atoms with Gasteiger partial charge in [0, 0.05) is 20.6 Å². The third kappa shape index (κ3) is 9.54. The molecule has 2 aromatic heterocycles. The molecule has 2 heterocycles. The van der Waals surface area contributed by atoms with Gasteiger partial charge in [-0.25, -0.2) is 4.98 Å². The number of hydrogen-bond donors (Lipinski definition) is 4. The molecule has 0 aliphatic heterocycles. The first-order chi connectivity index (χ1) is 24.4. The van der Waals surface area contributed by atoms with Gasteiger partial charge >= 0.3 is 0 Å². The Balaban J connectivity index is 0.000000189. The van der Waals surface area contributed by atoms with Crippen LogP contribution >= 0.6 is 58.0 Å². The molecule has 0 aliphatic carbocycles. The van der Waals surface area contributed by atoms with E-state index in [1.165, 1.54) is 6.07 Å². The second kappa shape index (κ2) is 17.7. The predicted molar refractivity (Wildman–Crippen MR) is 212 cm³/mol. The molecule has 0 amide bonds. The number of rotatable bonds is 7. The molecule has 258 valence electrons. The van der Waals surface area contributed by atoms with Gasteiger partial charge in [-0.1, -0.05) is 75.8 Å². The van der Waals surface area contributed by atoms with E-state index >= 15 is 0 Å². The van der Waals surface area contributed by atoms with Gasteiger partial charge in [-0.05, 0) is 72.8 Å². The van der Waals surface area contributed by atoms with E-state index in [0.29, 0.717) is 66.4 Å². The Morgan fingerprint density at radius 1 is 0.725 bits per heavy atom. The summed E-state index contributed by atoms with van der Waals surface area (Å²) in [5, 5.41) is 13.8. The lowest BCUT2D eigenvalue weighted by Gasteiger charge is -2.05. The zero-order valence-electron chi connectivity index (χ0n) is 26.7. The Kier molecular flexibility index (Phi) is 13.4. The van der Waals surface area contributed by atoms with E-state index in [1.54, 1.807) is 74.4 Å². The van der Waals surface area contributed by atoms with Crippen LogP contribution in [0.2, 0.25) is 25.1 Å². The number of ketones is 1. The van der Waals surface area contributed by atoms with Gasteiger partial charge in [-0.15, -0.1) is 19.3 Å². The van der Waals surface area contributed by atoms with Gasteiger partial charge in [0.05, 0.1) is 69.7 Å². The molecular weight excluding hydrogens is 750 g/mol. The summed E-state index contributed by atoms with van der Waals surface area (Å²) in [7, 11) is 0. The number of nitrogens with zero attached hydrogens (tertiary/aromatic N) is 4. The highest BCUT2D eigenvalue weighted by molar-refractivity contribution is 6.42. The fourth-order valence-corrected chi connectivity index (χ4v) is 5.63. The van der Waals surface area contributed by atoms with Crippen LogP contribution in [0.25, 0.3) is 22.1 Å². The van der Waals surface area contributed by atoms with Crippen molar-refractivity contribution in [3.8, 4) is 37.0 Å². The standard InChI is InChI=1S/C18H12Cl3N3O.C10H8ClN3.C9H9ClN2/c1-2-7-23-16-9-12(19)4-6-15(16)24(18(23)22)10-17(25)11-3-5-13(20)14(21)8-11;1-2-5-14-9-6-7(11)3-4-8(9)13-10(14)12;1-2-5-12-9-6-7(10)3-4-8(9)11/h1,3-6,8-9,22H,7,10H2;1,3-4,6H,5H2,(H2,12,13);1,3-4,6,12H,5,11H2. The van der Waals surface area contributed by atoms with Gasteiger partial charge in [-0.2, -0.15) is 0 Å². The quantitative estimate of drug-likeness (QED) is 0.0736. The summed E-state index contributed by atoms with van der Waals surface area (Å²) in [6.45, 7) is 1.04. The first kappa shape index (κ1) is 38.6. The number of anilines is 3. The molecule has 0 radical (unpaired) electrons. The largest absolute Gasteiger partial charge is 0.397 e. The Morgan fingerprint density at radius 3 is 2.02 bits per heavy atom. The summed E-state index contributed by atoms with van der Waals surface area (Å²) in [5.41, 5.74) is 16.4. The normalized spacial score (nSPS) is 10.2. The zero-order valence-corrected chi connectivity index (χ0v) is 30.5. The minimum Gasteiger partial charge on any atom is -0.397 e. The van der Waals surface area contributed by atoms with Crippen LogP contribution in [0.5, 0.6) is 0 Å². The van der Waals surface area contributed by atoms with Crippen molar-refractivity contribution in [2.45, 2.75) is 19.6 Å². The van der Waals surface area contributed by atoms with Crippen LogP contribution in [0.3, 0.4) is 0 Å². The molecule has 6 aromatic rings. The first-order valence-electron chi connectivity index (χ1n) is 14.8. The number of imidazole rings is 2. The highest BCUT2D eigenvalue weighted by atomic mass is 35.5. The molecule has 0 unspecified atom stereocenters. The van der Waals surface area contributed by atoms with E-state index in [9.17, 15) is 4.79 Å². The molecule has 6 N–H and O–H groups in total. The summed E-state index contributed by atoms with van der Waals surface area (Å²) in [4.78, 5) is 16.8. The molecule has 51 heavy (non-hydrogen) atoms. The average molecular weight is 779 g/mol. The summed E-state index contributed by atoms with van der Waals surface area (Å²) in [6.07, 6.45) is 15.7. The number of aromatic nitrogens is 4. The SMILES string of the molecule is C#CCNc1cc(Cl)ccc1N.C#CCn1c(=N)n(CC(=O)c2ccc(Cl)c(Cl)c2)c2ccc(Cl)cc21.C#CCn1c(N)nc2ccc(Cl)cc21. The number of Topliss-reactive ketones (excluding diaryl/α,β-unsaturated/α-hetero) is 1. The van der Waals surface area contributed by atoms with E-state index in [1.807, 2.05) is 6.07 Å². The van der Waals surface area contributed by atoms with E-state index in [0.717, 1.165) is 16.7 Å². The minimum absolute atomic E-state index is 0.0213. The van der Waals surface area contributed by atoms with Crippen molar-refractivity contribution in [2.24, 2.45) is 0 Å². The van der Waals surface area contributed by atoms with E-state index in [-0.39, 0.29) is 24.5 Å². The lowest BCUT2D eigenvalue weighted by molar-refractivity contribution is 0.0971. The van der Waals surface area contributed by atoms with Crippen LogP contribution in [0.15, 0.2) is 72.8 Å². The number of terminal acetylenes is 3. The monoisotopic (exact) mass is 776 g/mol. The molecule has 0 atom stereocenters. The highest BCUT2D eigenvalue weighted by Gasteiger charge is 2.16. The van der Waals surface area contributed by atoms with Crippen LogP contribution in [0, 0.1) is 42.4 Å². The number of carbonyl (C=O) groups excluding carboxylic acids is 1. The number of fused-ring (bicyclic) bond motifs is 2. The Hall–Kier alpha value is -5.18. The van der Waals surface area contributed by atoms with Crippen LogP contribution in [0.4, 0.5) is 17.3 Å². The molecule has 0 saturated carbocycles. The van der Waals surface area contributed by atoms with E-state index in [2.05, 4.69) is 28.1 Å². The maximum atomic E-state index is 12.6.